The van der Waals surface area contributed by atoms with Gasteiger partial charge in [0.05, 0.1) is 5.69 Å². The lowest BCUT2D eigenvalue weighted by Gasteiger charge is -2.22. The van der Waals surface area contributed by atoms with Gasteiger partial charge in [-0.25, -0.2) is 0 Å². The van der Waals surface area contributed by atoms with Crippen molar-refractivity contribution in [2.24, 2.45) is 5.92 Å². The van der Waals surface area contributed by atoms with E-state index in [0.717, 1.165) is 31.1 Å². The second kappa shape index (κ2) is 4.91. The van der Waals surface area contributed by atoms with Crippen molar-refractivity contribution in [3.63, 3.8) is 0 Å². The van der Waals surface area contributed by atoms with E-state index >= 15 is 0 Å². The third-order valence-corrected chi connectivity index (χ3v) is 3.99. The highest BCUT2D eigenvalue weighted by Gasteiger charge is 2.31. The molecule has 4 nitrogen and oxygen atoms in total. The van der Waals surface area contributed by atoms with Crippen LogP contribution in [0.15, 0.2) is 12.3 Å². The molecule has 19 heavy (non-hydrogen) atoms. The van der Waals surface area contributed by atoms with Crippen LogP contribution in [0.3, 0.4) is 0 Å². The SMILES string of the molecule is CCCN(CC1CC1)C(=O)c1cc(N)cn1C1CC1. The number of hydrogen-bond acceptors (Lipinski definition) is 2. The summed E-state index contributed by atoms with van der Waals surface area (Å²) in [7, 11) is 0. The molecule has 0 spiro atoms. The molecule has 2 fully saturated rings. The minimum Gasteiger partial charge on any atom is -0.397 e. The summed E-state index contributed by atoms with van der Waals surface area (Å²) in [4.78, 5) is 14.7. The van der Waals surface area contributed by atoms with Gasteiger partial charge in [-0.3, -0.25) is 4.79 Å². The first-order valence-corrected chi connectivity index (χ1v) is 7.45. The molecule has 0 saturated heterocycles. The maximum absolute atomic E-state index is 12.7. The molecule has 0 unspecified atom stereocenters. The number of carbonyl (C=O) groups excluding carboxylic acids is 1. The monoisotopic (exact) mass is 261 g/mol. The topological polar surface area (TPSA) is 51.3 Å². The van der Waals surface area contributed by atoms with E-state index in [1.807, 2.05) is 17.2 Å². The van der Waals surface area contributed by atoms with Gasteiger partial charge >= 0.3 is 0 Å². The van der Waals surface area contributed by atoms with E-state index in [9.17, 15) is 4.79 Å². The highest BCUT2D eigenvalue weighted by atomic mass is 16.2. The molecule has 4 heteroatoms. The number of amides is 1. The van der Waals surface area contributed by atoms with E-state index < -0.39 is 0 Å². The Hall–Kier alpha value is -1.45. The summed E-state index contributed by atoms with van der Waals surface area (Å²) in [5, 5.41) is 0. The normalized spacial score (nSPS) is 18.6. The predicted molar refractivity (Wildman–Crippen MR) is 76.0 cm³/mol. The Morgan fingerprint density at radius 1 is 1.42 bits per heavy atom. The third kappa shape index (κ3) is 2.77. The second-order valence-corrected chi connectivity index (χ2v) is 5.99. The number of rotatable bonds is 6. The van der Waals surface area contributed by atoms with Gasteiger partial charge in [-0.2, -0.15) is 0 Å². The van der Waals surface area contributed by atoms with Gasteiger partial charge in [0.1, 0.15) is 5.69 Å². The molecule has 1 aromatic rings. The van der Waals surface area contributed by atoms with Gasteiger partial charge in [-0.15, -0.1) is 0 Å². The Labute approximate surface area is 114 Å². The molecule has 3 rings (SSSR count). The van der Waals surface area contributed by atoms with Crippen molar-refractivity contribution in [2.45, 2.75) is 45.1 Å². The van der Waals surface area contributed by atoms with Crippen molar-refractivity contribution in [3.05, 3.63) is 18.0 Å². The number of nitrogens with two attached hydrogens (primary N) is 1. The van der Waals surface area contributed by atoms with Crippen LogP contribution in [0.4, 0.5) is 5.69 Å². The quantitative estimate of drug-likeness (QED) is 0.856. The van der Waals surface area contributed by atoms with Gasteiger partial charge in [-0.05, 0) is 44.1 Å². The predicted octanol–water partition coefficient (Wildman–Crippen LogP) is 2.67. The van der Waals surface area contributed by atoms with Crippen molar-refractivity contribution in [3.8, 4) is 0 Å². The summed E-state index contributed by atoms with van der Waals surface area (Å²) in [6.45, 7) is 3.90. The summed E-state index contributed by atoms with van der Waals surface area (Å²) in [5.74, 6) is 0.898. The Morgan fingerprint density at radius 2 is 2.16 bits per heavy atom. The zero-order chi connectivity index (χ0) is 13.4. The number of hydrogen-bond donors (Lipinski definition) is 1. The summed E-state index contributed by atoms with van der Waals surface area (Å²) in [5.41, 5.74) is 7.37. The molecule has 0 atom stereocenters. The largest absolute Gasteiger partial charge is 0.397 e. The molecule has 104 valence electrons. The fourth-order valence-electron chi connectivity index (χ4n) is 2.65. The van der Waals surface area contributed by atoms with Crippen molar-refractivity contribution in [1.82, 2.24) is 9.47 Å². The van der Waals surface area contributed by atoms with E-state index in [-0.39, 0.29) is 5.91 Å². The third-order valence-electron chi connectivity index (χ3n) is 3.99. The van der Waals surface area contributed by atoms with Gasteiger partial charge in [-0.1, -0.05) is 6.92 Å². The van der Waals surface area contributed by atoms with E-state index in [1.54, 1.807) is 0 Å². The zero-order valence-corrected chi connectivity index (χ0v) is 11.6. The molecule has 0 radical (unpaired) electrons. The Kier molecular flexibility index (Phi) is 3.25. The van der Waals surface area contributed by atoms with Gasteiger partial charge < -0.3 is 15.2 Å². The van der Waals surface area contributed by atoms with Crippen LogP contribution in [-0.4, -0.2) is 28.5 Å². The van der Waals surface area contributed by atoms with E-state index in [2.05, 4.69) is 11.5 Å². The molecule has 0 aliphatic heterocycles. The van der Waals surface area contributed by atoms with Gasteiger partial charge in [0.15, 0.2) is 0 Å². The highest BCUT2D eigenvalue weighted by Crippen LogP contribution is 2.37. The Balaban J connectivity index is 1.79. The highest BCUT2D eigenvalue weighted by molar-refractivity contribution is 5.94. The molecular formula is C15H23N3O. The number of nitrogens with zero attached hydrogens (tertiary/aromatic N) is 2. The number of anilines is 1. The minimum atomic E-state index is 0.164. The first-order chi connectivity index (χ1) is 9.19. The number of carbonyl (C=O) groups is 1. The van der Waals surface area contributed by atoms with Crippen LogP contribution in [-0.2, 0) is 0 Å². The Bertz CT molecular complexity index is 472. The van der Waals surface area contributed by atoms with Crippen molar-refractivity contribution in [1.29, 1.82) is 0 Å². The van der Waals surface area contributed by atoms with E-state index in [1.165, 1.54) is 25.7 Å². The molecule has 1 aromatic heterocycles. The van der Waals surface area contributed by atoms with Crippen LogP contribution in [0.25, 0.3) is 0 Å². The lowest BCUT2D eigenvalue weighted by molar-refractivity contribution is 0.0736. The summed E-state index contributed by atoms with van der Waals surface area (Å²) in [6.07, 6.45) is 7.83. The standard InChI is InChI=1S/C15H23N3O/c1-2-7-17(9-11-3-4-11)15(19)14-8-12(16)10-18(14)13-5-6-13/h8,10-11,13H,2-7,9,16H2,1H3. The van der Waals surface area contributed by atoms with Crippen LogP contribution in [0.1, 0.15) is 55.6 Å². The summed E-state index contributed by atoms with van der Waals surface area (Å²) in [6, 6.07) is 2.34. The number of nitrogen functional groups attached to an aromatic ring is 1. The first kappa shape index (κ1) is 12.6. The van der Waals surface area contributed by atoms with Crippen molar-refractivity contribution in [2.75, 3.05) is 18.8 Å². The lowest BCUT2D eigenvalue weighted by Crippen LogP contribution is -2.34. The first-order valence-electron chi connectivity index (χ1n) is 7.45. The molecule has 1 heterocycles. The molecule has 2 N–H and O–H groups in total. The van der Waals surface area contributed by atoms with E-state index in [4.69, 9.17) is 5.73 Å². The maximum atomic E-state index is 12.7. The zero-order valence-electron chi connectivity index (χ0n) is 11.6. The van der Waals surface area contributed by atoms with Crippen molar-refractivity contribution < 1.29 is 4.79 Å². The smallest absolute Gasteiger partial charge is 0.270 e. The fourth-order valence-corrected chi connectivity index (χ4v) is 2.65. The molecule has 0 aromatic carbocycles. The summed E-state index contributed by atoms with van der Waals surface area (Å²) >= 11 is 0. The molecule has 2 aliphatic carbocycles. The second-order valence-electron chi connectivity index (χ2n) is 5.99. The van der Waals surface area contributed by atoms with Crippen LogP contribution in [0.2, 0.25) is 0 Å². The van der Waals surface area contributed by atoms with Crippen LogP contribution < -0.4 is 5.73 Å². The lowest BCUT2D eigenvalue weighted by atomic mass is 10.2. The van der Waals surface area contributed by atoms with E-state index in [0.29, 0.717) is 11.7 Å². The van der Waals surface area contributed by atoms with Gasteiger partial charge in [0.25, 0.3) is 5.91 Å². The average molecular weight is 261 g/mol. The van der Waals surface area contributed by atoms with Crippen molar-refractivity contribution >= 4 is 11.6 Å². The summed E-state index contributed by atoms with van der Waals surface area (Å²) < 4.78 is 2.09. The fraction of sp³-hybridized carbons (Fsp3) is 0.667. The molecule has 2 aliphatic rings. The van der Waals surface area contributed by atoms with Gasteiger partial charge in [0, 0.05) is 25.3 Å². The van der Waals surface area contributed by atoms with Crippen LogP contribution in [0.5, 0.6) is 0 Å². The maximum Gasteiger partial charge on any atom is 0.270 e. The average Bonchev–Trinajstić information content (AvgIpc) is 3.28. The van der Waals surface area contributed by atoms with Gasteiger partial charge in [0.2, 0.25) is 0 Å². The number of aromatic nitrogens is 1. The Morgan fingerprint density at radius 3 is 2.74 bits per heavy atom. The molecule has 0 bridgehead atoms. The minimum absolute atomic E-state index is 0.164. The molecular weight excluding hydrogens is 238 g/mol. The van der Waals surface area contributed by atoms with Crippen LogP contribution in [0, 0.1) is 5.92 Å². The molecule has 1 amide bonds. The van der Waals surface area contributed by atoms with Crippen LogP contribution >= 0.6 is 0 Å². The molecule has 2 saturated carbocycles.